The van der Waals surface area contributed by atoms with Crippen LogP contribution in [0.25, 0.3) is 10.4 Å². The summed E-state index contributed by atoms with van der Waals surface area (Å²) in [6.07, 6.45) is 0. The zero-order valence-corrected chi connectivity index (χ0v) is 11.5. The first-order valence-electron chi connectivity index (χ1n) is 5.52. The number of rotatable bonds is 6. The first-order chi connectivity index (χ1) is 9.99. The molecule has 0 saturated heterocycles. The largest absolute Gasteiger partial charge is 0.493 e. The SMILES string of the molecule is COC(=O)C(=N)C(=O)c1cc(OC)c(OC)cc1N=[N+]=[N-]. The van der Waals surface area contributed by atoms with Crippen molar-refractivity contribution in [3.05, 3.63) is 28.1 Å². The van der Waals surface area contributed by atoms with Crippen LogP contribution < -0.4 is 9.47 Å². The Kier molecular flexibility index (Phi) is 5.27. The van der Waals surface area contributed by atoms with E-state index >= 15 is 0 Å². The summed E-state index contributed by atoms with van der Waals surface area (Å²) in [6, 6.07) is 2.50. The van der Waals surface area contributed by atoms with Gasteiger partial charge in [-0.25, -0.2) is 4.79 Å². The number of nitrogens with zero attached hydrogens (tertiary/aromatic N) is 3. The first-order valence-corrected chi connectivity index (χ1v) is 5.52. The maximum Gasteiger partial charge on any atom is 0.360 e. The number of methoxy groups -OCH3 is 3. The molecule has 0 heterocycles. The van der Waals surface area contributed by atoms with Crippen molar-refractivity contribution in [2.45, 2.75) is 0 Å². The van der Waals surface area contributed by atoms with Crippen LogP contribution in [0.4, 0.5) is 5.69 Å². The van der Waals surface area contributed by atoms with E-state index in [0.29, 0.717) is 0 Å². The molecule has 1 rings (SSSR count). The summed E-state index contributed by atoms with van der Waals surface area (Å²) in [7, 11) is 3.77. The van der Waals surface area contributed by atoms with Crippen molar-refractivity contribution in [1.82, 2.24) is 0 Å². The number of hydrogen-bond acceptors (Lipinski definition) is 7. The van der Waals surface area contributed by atoms with Gasteiger partial charge in [0.25, 0.3) is 0 Å². The van der Waals surface area contributed by atoms with E-state index in [1.165, 1.54) is 26.4 Å². The third kappa shape index (κ3) is 3.28. The predicted molar refractivity (Wildman–Crippen MR) is 72.4 cm³/mol. The number of benzene rings is 1. The normalized spacial score (nSPS) is 9.29. The summed E-state index contributed by atoms with van der Waals surface area (Å²) in [6.45, 7) is 0. The van der Waals surface area contributed by atoms with Gasteiger partial charge >= 0.3 is 5.97 Å². The van der Waals surface area contributed by atoms with Gasteiger partial charge in [0, 0.05) is 10.5 Å². The highest BCUT2D eigenvalue weighted by Crippen LogP contribution is 2.35. The highest BCUT2D eigenvalue weighted by atomic mass is 16.5. The average molecular weight is 292 g/mol. The minimum atomic E-state index is -1.10. The molecule has 0 atom stereocenters. The van der Waals surface area contributed by atoms with Gasteiger partial charge in [0.2, 0.25) is 5.78 Å². The van der Waals surface area contributed by atoms with Crippen LogP contribution in [0.3, 0.4) is 0 Å². The Balaban J connectivity index is 3.45. The highest BCUT2D eigenvalue weighted by Gasteiger charge is 2.24. The van der Waals surface area contributed by atoms with E-state index in [1.807, 2.05) is 0 Å². The lowest BCUT2D eigenvalue weighted by molar-refractivity contribution is -0.132. The molecule has 1 aromatic rings. The summed E-state index contributed by atoms with van der Waals surface area (Å²) in [4.78, 5) is 25.9. The Morgan fingerprint density at radius 1 is 1.19 bits per heavy atom. The van der Waals surface area contributed by atoms with Crippen molar-refractivity contribution >= 4 is 23.2 Å². The molecule has 0 fully saturated rings. The zero-order chi connectivity index (χ0) is 16.0. The van der Waals surface area contributed by atoms with Crippen molar-refractivity contribution in [3.63, 3.8) is 0 Å². The molecular weight excluding hydrogens is 280 g/mol. The van der Waals surface area contributed by atoms with E-state index < -0.39 is 17.5 Å². The third-order valence-corrected chi connectivity index (χ3v) is 2.52. The molecule has 0 radical (unpaired) electrons. The minimum Gasteiger partial charge on any atom is -0.493 e. The van der Waals surface area contributed by atoms with Crippen LogP contribution in [0.5, 0.6) is 11.5 Å². The molecule has 9 nitrogen and oxygen atoms in total. The lowest BCUT2D eigenvalue weighted by Gasteiger charge is -2.11. The van der Waals surface area contributed by atoms with Crippen LogP contribution in [0, 0.1) is 5.41 Å². The number of ketones is 1. The molecule has 21 heavy (non-hydrogen) atoms. The Hall–Kier alpha value is -3.06. The molecule has 9 heteroatoms. The summed E-state index contributed by atoms with van der Waals surface area (Å²) >= 11 is 0. The first kappa shape index (κ1) is 16.0. The molecular formula is C12H12N4O5. The second kappa shape index (κ2) is 6.92. The van der Waals surface area contributed by atoms with Crippen LogP contribution in [0.1, 0.15) is 10.4 Å². The van der Waals surface area contributed by atoms with E-state index in [9.17, 15) is 9.59 Å². The highest BCUT2D eigenvalue weighted by molar-refractivity contribution is 6.67. The van der Waals surface area contributed by atoms with Crippen molar-refractivity contribution in [2.75, 3.05) is 21.3 Å². The summed E-state index contributed by atoms with van der Waals surface area (Å²) < 4.78 is 14.4. The van der Waals surface area contributed by atoms with E-state index in [-0.39, 0.29) is 22.7 Å². The van der Waals surface area contributed by atoms with E-state index in [4.69, 9.17) is 20.4 Å². The third-order valence-electron chi connectivity index (χ3n) is 2.52. The Bertz CT molecular complexity index is 649. The van der Waals surface area contributed by atoms with Crippen molar-refractivity contribution in [2.24, 2.45) is 5.11 Å². The number of carbonyl (C=O) groups is 2. The number of esters is 1. The standard InChI is InChI=1S/C12H12N4O5/c1-19-8-4-6(11(17)10(13)12(18)21-3)7(15-16-14)5-9(8)20-2/h4-5,13H,1-3H3. The van der Waals surface area contributed by atoms with Crippen LogP contribution in [-0.4, -0.2) is 38.8 Å². The molecule has 1 N–H and O–H groups in total. The Morgan fingerprint density at radius 3 is 2.24 bits per heavy atom. The maximum atomic E-state index is 12.1. The fraction of sp³-hybridized carbons (Fsp3) is 0.250. The fourth-order valence-electron chi connectivity index (χ4n) is 1.51. The van der Waals surface area contributed by atoms with Crippen molar-refractivity contribution in [3.8, 4) is 11.5 Å². The average Bonchev–Trinajstić information content (AvgIpc) is 2.52. The van der Waals surface area contributed by atoms with Gasteiger partial charge in [0.15, 0.2) is 17.2 Å². The molecule has 0 aliphatic heterocycles. The van der Waals surface area contributed by atoms with E-state index in [0.717, 1.165) is 7.11 Å². The molecule has 0 aliphatic carbocycles. The molecule has 0 amide bonds. The lowest BCUT2D eigenvalue weighted by atomic mass is 10.0. The van der Waals surface area contributed by atoms with Gasteiger partial charge in [0.05, 0.1) is 27.0 Å². The molecule has 0 bridgehead atoms. The number of Topliss-reactive ketones (excluding diaryl/α,β-unsaturated/α-hetero) is 1. The summed E-state index contributed by atoms with van der Waals surface area (Å²) in [5.74, 6) is -1.62. The van der Waals surface area contributed by atoms with Gasteiger partial charge < -0.3 is 14.2 Å². The van der Waals surface area contributed by atoms with Gasteiger partial charge in [-0.1, -0.05) is 5.11 Å². The molecule has 0 aromatic heterocycles. The van der Waals surface area contributed by atoms with Crippen LogP contribution in [0.2, 0.25) is 0 Å². The predicted octanol–water partition coefficient (Wildman–Crippen LogP) is 2.02. The van der Waals surface area contributed by atoms with Crippen LogP contribution in [-0.2, 0) is 9.53 Å². The lowest BCUT2D eigenvalue weighted by Crippen LogP contribution is -2.24. The van der Waals surface area contributed by atoms with Gasteiger partial charge in [-0.3, -0.25) is 10.2 Å². The number of ether oxygens (including phenoxy) is 3. The molecule has 0 unspecified atom stereocenters. The number of carbonyl (C=O) groups excluding carboxylic acids is 2. The second-order valence-corrected chi connectivity index (χ2v) is 3.61. The fourth-order valence-corrected chi connectivity index (χ4v) is 1.51. The van der Waals surface area contributed by atoms with Gasteiger partial charge in [-0.2, -0.15) is 0 Å². The van der Waals surface area contributed by atoms with Crippen LogP contribution >= 0.6 is 0 Å². The summed E-state index contributed by atoms with van der Waals surface area (Å²) in [5.41, 5.74) is 7.39. The van der Waals surface area contributed by atoms with Crippen LogP contribution in [0.15, 0.2) is 17.2 Å². The van der Waals surface area contributed by atoms with Crippen molar-refractivity contribution in [1.29, 1.82) is 5.41 Å². The number of hydrogen-bond donors (Lipinski definition) is 1. The second-order valence-electron chi connectivity index (χ2n) is 3.61. The molecule has 1 aromatic carbocycles. The number of azide groups is 1. The van der Waals surface area contributed by atoms with Crippen molar-refractivity contribution < 1.29 is 23.8 Å². The van der Waals surface area contributed by atoms with Gasteiger partial charge in [0.1, 0.15) is 0 Å². The molecule has 0 spiro atoms. The minimum absolute atomic E-state index is 0.0891. The molecule has 0 saturated carbocycles. The zero-order valence-electron chi connectivity index (χ0n) is 11.5. The summed E-state index contributed by atoms with van der Waals surface area (Å²) in [5, 5.41) is 10.8. The smallest absolute Gasteiger partial charge is 0.360 e. The Labute approximate surface area is 119 Å². The molecule has 110 valence electrons. The van der Waals surface area contributed by atoms with Gasteiger partial charge in [-0.15, -0.1) is 0 Å². The topological polar surface area (TPSA) is 134 Å². The van der Waals surface area contributed by atoms with Gasteiger partial charge in [-0.05, 0) is 17.7 Å². The molecule has 0 aliphatic rings. The maximum absolute atomic E-state index is 12.1. The Morgan fingerprint density at radius 2 is 1.76 bits per heavy atom. The number of nitrogens with one attached hydrogen (secondary N) is 1. The van der Waals surface area contributed by atoms with E-state index in [1.54, 1.807) is 0 Å². The van der Waals surface area contributed by atoms with E-state index in [2.05, 4.69) is 14.8 Å². The quantitative estimate of drug-likeness (QED) is 0.163. The monoisotopic (exact) mass is 292 g/mol.